The van der Waals surface area contributed by atoms with Crippen LogP contribution in [0.4, 0.5) is 0 Å². The van der Waals surface area contributed by atoms with E-state index in [1.807, 2.05) is 41.1 Å². The van der Waals surface area contributed by atoms with E-state index in [2.05, 4.69) is 25.8 Å². The molecule has 5 heteroatoms. The van der Waals surface area contributed by atoms with Gasteiger partial charge in [0, 0.05) is 12.3 Å². The summed E-state index contributed by atoms with van der Waals surface area (Å²) in [5, 5.41) is 14.1. The summed E-state index contributed by atoms with van der Waals surface area (Å²) >= 11 is 0. The lowest BCUT2D eigenvalue weighted by Gasteiger charge is -2.09. The van der Waals surface area contributed by atoms with Gasteiger partial charge in [0.1, 0.15) is 5.82 Å². The molecule has 5 nitrogen and oxygen atoms in total. The number of aromatic nitrogens is 3. The Morgan fingerprint density at radius 2 is 1.81 bits per heavy atom. The van der Waals surface area contributed by atoms with Crippen molar-refractivity contribution in [2.75, 3.05) is 0 Å². The van der Waals surface area contributed by atoms with Crippen LogP contribution in [0.5, 0.6) is 0 Å². The molecular weight excluding hydrogens is 338 g/mol. The summed E-state index contributed by atoms with van der Waals surface area (Å²) in [5.41, 5.74) is 3.05. The summed E-state index contributed by atoms with van der Waals surface area (Å²) in [7, 11) is 0. The smallest absolute Gasteiger partial charge is 0.336 e. The van der Waals surface area contributed by atoms with Gasteiger partial charge in [0.15, 0.2) is 5.82 Å². The van der Waals surface area contributed by atoms with Crippen LogP contribution in [0.15, 0.2) is 48.5 Å². The summed E-state index contributed by atoms with van der Waals surface area (Å²) in [6, 6.07) is 15.1. The third-order valence-electron chi connectivity index (χ3n) is 4.89. The minimum Gasteiger partial charge on any atom is -0.478 e. The molecule has 3 aromatic rings. The molecule has 0 spiro atoms. The van der Waals surface area contributed by atoms with Gasteiger partial charge in [0.25, 0.3) is 0 Å². The number of hydrogen-bond acceptors (Lipinski definition) is 3. The lowest BCUT2D eigenvalue weighted by Crippen LogP contribution is -2.06. The van der Waals surface area contributed by atoms with Gasteiger partial charge in [-0.15, -0.1) is 0 Å². The normalized spacial score (nSPS) is 12.1. The zero-order chi connectivity index (χ0) is 19.4. The van der Waals surface area contributed by atoms with Crippen LogP contribution < -0.4 is 0 Å². The minimum absolute atomic E-state index is 0.313. The zero-order valence-electron chi connectivity index (χ0n) is 16.0. The van der Waals surface area contributed by atoms with Gasteiger partial charge < -0.3 is 5.11 Å². The summed E-state index contributed by atoms with van der Waals surface area (Å²) in [5.74, 6) is 1.33. The predicted molar refractivity (Wildman–Crippen MR) is 106 cm³/mol. The second-order valence-electron chi connectivity index (χ2n) is 6.75. The van der Waals surface area contributed by atoms with Gasteiger partial charge in [-0.2, -0.15) is 5.10 Å². The molecule has 0 amide bonds. The highest BCUT2D eigenvalue weighted by Crippen LogP contribution is 2.24. The van der Waals surface area contributed by atoms with Crippen molar-refractivity contribution in [3.63, 3.8) is 0 Å². The van der Waals surface area contributed by atoms with Gasteiger partial charge in [-0.1, -0.05) is 63.2 Å². The zero-order valence-corrected chi connectivity index (χ0v) is 16.0. The highest BCUT2D eigenvalue weighted by atomic mass is 16.4. The molecule has 3 rings (SSSR count). The van der Waals surface area contributed by atoms with Crippen molar-refractivity contribution in [1.82, 2.24) is 14.8 Å². The first kappa shape index (κ1) is 18.8. The third kappa shape index (κ3) is 4.08. The van der Waals surface area contributed by atoms with E-state index in [1.54, 1.807) is 12.1 Å². The van der Waals surface area contributed by atoms with Crippen LogP contribution >= 0.6 is 0 Å². The van der Waals surface area contributed by atoms with Crippen LogP contribution in [-0.2, 0) is 13.0 Å². The minimum atomic E-state index is -0.914. The van der Waals surface area contributed by atoms with Crippen LogP contribution in [-0.4, -0.2) is 25.8 Å². The molecule has 1 heterocycles. The predicted octanol–water partition coefficient (Wildman–Crippen LogP) is 4.77. The molecule has 27 heavy (non-hydrogen) atoms. The molecular formula is C22H25N3O2. The Balaban J connectivity index is 1.85. The fraction of sp³-hybridized carbons (Fsp3) is 0.318. The lowest BCUT2D eigenvalue weighted by atomic mass is 9.99. The van der Waals surface area contributed by atoms with Gasteiger partial charge in [-0.25, -0.2) is 14.5 Å². The van der Waals surface area contributed by atoms with Crippen LogP contribution in [0, 0.1) is 0 Å². The number of rotatable bonds is 7. The molecule has 1 aromatic heterocycles. The van der Waals surface area contributed by atoms with Crippen LogP contribution in [0.3, 0.4) is 0 Å². The quantitative estimate of drug-likeness (QED) is 0.657. The number of nitrogens with zero attached hydrogens (tertiary/aromatic N) is 3. The second-order valence-corrected chi connectivity index (χ2v) is 6.75. The van der Waals surface area contributed by atoms with Crippen molar-refractivity contribution in [2.45, 2.75) is 46.1 Å². The standard InChI is InChI=1S/C22H25N3O2/c1-4-15(3)21-23-20(5-2)25(24-21)14-16-10-12-17(13-11-16)18-8-6-7-9-19(18)22(26)27/h6-13,15H,4-5,14H2,1-3H3,(H,26,27). The number of hydrogen-bond donors (Lipinski definition) is 1. The lowest BCUT2D eigenvalue weighted by molar-refractivity contribution is 0.0697. The molecule has 1 unspecified atom stereocenters. The Hall–Kier alpha value is -2.95. The average molecular weight is 363 g/mol. The van der Waals surface area contributed by atoms with Gasteiger partial charge in [-0.05, 0) is 29.2 Å². The molecule has 0 fully saturated rings. The number of aryl methyl sites for hydroxylation is 1. The van der Waals surface area contributed by atoms with E-state index < -0.39 is 5.97 Å². The van der Waals surface area contributed by atoms with E-state index in [0.29, 0.717) is 18.0 Å². The summed E-state index contributed by atoms with van der Waals surface area (Å²) in [6.45, 7) is 7.04. The third-order valence-corrected chi connectivity index (χ3v) is 4.89. The fourth-order valence-corrected chi connectivity index (χ4v) is 3.06. The number of aromatic carboxylic acids is 1. The largest absolute Gasteiger partial charge is 0.478 e. The van der Waals surface area contributed by atoms with Crippen LogP contribution in [0.1, 0.15) is 60.7 Å². The SMILES string of the molecule is CCc1nc(C(C)CC)nn1Cc1ccc(-c2ccccc2C(=O)O)cc1. The highest BCUT2D eigenvalue weighted by molar-refractivity contribution is 5.95. The maximum absolute atomic E-state index is 11.4. The molecule has 1 N–H and O–H groups in total. The van der Waals surface area contributed by atoms with E-state index in [0.717, 1.165) is 41.2 Å². The number of benzene rings is 2. The summed E-state index contributed by atoms with van der Waals surface area (Å²) < 4.78 is 1.97. The van der Waals surface area contributed by atoms with Crippen molar-refractivity contribution in [3.8, 4) is 11.1 Å². The Morgan fingerprint density at radius 3 is 2.44 bits per heavy atom. The van der Waals surface area contributed by atoms with E-state index in [1.165, 1.54) is 0 Å². The first-order valence-electron chi connectivity index (χ1n) is 9.38. The Bertz CT molecular complexity index is 929. The maximum Gasteiger partial charge on any atom is 0.336 e. The first-order chi connectivity index (χ1) is 13.0. The molecule has 2 aromatic carbocycles. The van der Waals surface area contributed by atoms with Crippen molar-refractivity contribution < 1.29 is 9.90 Å². The van der Waals surface area contributed by atoms with Crippen molar-refractivity contribution in [2.24, 2.45) is 0 Å². The average Bonchev–Trinajstić information content (AvgIpc) is 3.10. The van der Waals surface area contributed by atoms with Gasteiger partial charge >= 0.3 is 5.97 Å². The van der Waals surface area contributed by atoms with Gasteiger partial charge in [0.05, 0.1) is 12.1 Å². The van der Waals surface area contributed by atoms with Gasteiger partial charge in [0.2, 0.25) is 0 Å². The maximum atomic E-state index is 11.4. The topological polar surface area (TPSA) is 68.0 Å². The van der Waals surface area contributed by atoms with Crippen LogP contribution in [0.2, 0.25) is 0 Å². The van der Waals surface area contributed by atoms with Gasteiger partial charge in [-0.3, -0.25) is 0 Å². The molecule has 0 aliphatic rings. The summed E-state index contributed by atoms with van der Waals surface area (Å²) in [6.07, 6.45) is 1.86. The van der Waals surface area contributed by atoms with E-state index in [9.17, 15) is 9.90 Å². The van der Waals surface area contributed by atoms with E-state index >= 15 is 0 Å². The van der Waals surface area contributed by atoms with Crippen molar-refractivity contribution in [1.29, 1.82) is 0 Å². The monoisotopic (exact) mass is 363 g/mol. The highest BCUT2D eigenvalue weighted by Gasteiger charge is 2.14. The first-order valence-corrected chi connectivity index (χ1v) is 9.38. The fourth-order valence-electron chi connectivity index (χ4n) is 3.06. The number of carboxylic acids is 1. The van der Waals surface area contributed by atoms with E-state index in [4.69, 9.17) is 5.10 Å². The van der Waals surface area contributed by atoms with Crippen molar-refractivity contribution in [3.05, 3.63) is 71.3 Å². The molecule has 1 atom stereocenters. The number of carbonyl (C=O) groups is 1. The Morgan fingerprint density at radius 1 is 1.11 bits per heavy atom. The second kappa shape index (κ2) is 8.16. The molecule has 0 saturated heterocycles. The Labute approximate surface area is 159 Å². The molecule has 0 aliphatic carbocycles. The van der Waals surface area contributed by atoms with Crippen LogP contribution in [0.25, 0.3) is 11.1 Å². The molecule has 0 radical (unpaired) electrons. The van der Waals surface area contributed by atoms with Crippen molar-refractivity contribution >= 4 is 5.97 Å². The van der Waals surface area contributed by atoms with E-state index in [-0.39, 0.29) is 0 Å². The number of carboxylic acid groups (broad SMARTS) is 1. The molecule has 0 bridgehead atoms. The molecule has 0 saturated carbocycles. The molecule has 0 aliphatic heterocycles. The molecule has 140 valence electrons. The Kier molecular flexibility index (Phi) is 5.69. The summed E-state index contributed by atoms with van der Waals surface area (Å²) in [4.78, 5) is 16.1.